The van der Waals surface area contributed by atoms with E-state index in [1.807, 2.05) is 9.80 Å². The summed E-state index contributed by atoms with van der Waals surface area (Å²) in [7, 11) is 3.60. The molecule has 4 aromatic rings. The highest BCUT2D eigenvalue weighted by Gasteiger charge is 2.30. The first-order valence-corrected chi connectivity index (χ1v) is 21.3. The summed E-state index contributed by atoms with van der Waals surface area (Å²) in [6, 6.07) is 26.1. The van der Waals surface area contributed by atoms with Gasteiger partial charge in [-0.1, -0.05) is 97.1 Å². The molecule has 0 spiro atoms. The van der Waals surface area contributed by atoms with Gasteiger partial charge in [-0.2, -0.15) is 0 Å². The Labute approximate surface area is 380 Å². The van der Waals surface area contributed by atoms with E-state index in [1.54, 1.807) is 111 Å². The normalized spacial score (nSPS) is 12.5. The summed E-state index contributed by atoms with van der Waals surface area (Å²) in [5.74, 6) is -3.37. The van der Waals surface area contributed by atoms with Crippen LogP contribution in [0.4, 0.5) is 0 Å². The summed E-state index contributed by atoms with van der Waals surface area (Å²) in [6.07, 6.45) is -0.638. The Hall–Kier alpha value is -5.74. The predicted molar refractivity (Wildman–Crippen MR) is 244 cm³/mol. The van der Waals surface area contributed by atoms with Crippen molar-refractivity contribution in [3.8, 4) is 0 Å². The Bertz CT molecular complexity index is 2010. The lowest BCUT2D eigenvalue weighted by molar-refractivity contribution is -0.155. The number of ketones is 4. The first-order valence-electron chi connectivity index (χ1n) is 21.3. The highest BCUT2D eigenvalue weighted by Crippen LogP contribution is 2.31. The van der Waals surface area contributed by atoms with E-state index >= 15 is 0 Å². The smallest absolute Gasteiger partial charge is 0.317 e. The third kappa shape index (κ3) is 14.1. The first kappa shape index (κ1) is 51.9. The van der Waals surface area contributed by atoms with E-state index in [-0.39, 0.29) is 26.3 Å². The van der Waals surface area contributed by atoms with Crippen LogP contribution in [-0.4, -0.2) is 128 Å². The van der Waals surface area contributed by atoms with Crippen LogP contribution in [0.25, 0.3) is 0 Å². The van der Waals surface area contributed by atoms with Crippen molar-refractivity contribution in [2.24, 2.45) is 0 Å². The van der Waals surface area contributed by atoms with Crippen molar-refractivity contribution in [2.75, 3.05) is 40.4 Å². The number of ether oxygens (including phenoxy) is 2. The lowest BCUT2D eigenvalue weighted by Crippen LogP contribution is -2.32. The van der Waals surface area contributed by atoms with E-state index in [2.05, 4.69) is 0 Å². The molecule has 0 aromatic heterocycles. The predicted octanol–water partition coefficient (Wildman–Crippen LogP) is 5.72. The van der Waals surface area contributed by atoms with Crippen LogP contribution in [0.2, 0.25) is 0 Å². The third-order valence-electron chi connectivity index (χ3n) is 10.8. The van der Waals surface area contributed by atoms with Crippen LogP contribution in [0.3, 0.4) is 0 Å². The van der Waals surface area contributed by atoms with Gasteiger partial charge in [0.1, 0.15) is 42.0 Å². The lowest BCUT2D eigenvalue weighted by Gasteiger charge is -2.29. The van der Waals surface area contributed by atoms with Gasteiger partial charge in [0.15, 0.2) is 23.1 Å². The molecule has 0 heterocycles. The van der Waals surface area contributed by atoms with Gasteiger partial charge in [-0.3, -0.25) is 38.6 Å². The molecule has 0 fully saturated rings. The van der Waals surface area contributed by atoms with Gasteiger partial charge in [-0.25, -0.2) is 0 Å². The molecule has 0 radical (unpaired) electrons. The molecule has 0 amide bonds. The van der Waals surface area contributed by atoms with Crippen LogP contribution < -0.4 is 0 Å². The fourth-order valence-corrected chi connectivity index (χ4v) is 7.17. The largest absolute Gasteiger partial charge is 0.464 e. The van der Waals surface area contributed by atoms with E-state index in [0.29, 0.717) is 22.3 Å². The number of esters is 2. The van der Waals surface area contributed by atoms with Crippen LogP contribution in [0, 0.1) is 0 Å². The molecule has 348 valence electrons. The number of likely N-dealkylation sites (N-methyl/N-ethyl adjacent to an activating group) is 2. The molecule has 4 N–H and O–H groups in total. The average molecular weight is 895 g/mol. The maximum Gasteiger partial charge on any atom is 0.317 e. The van der Waals surface area contributed by atoms with Crippen molar-refractivity contribution >= 4 is 35.1 Å². The Morgan fingerprint density at radius 2 is 0.615 bits per heavy atom. The zero-order valence-corrected chi connectivity index (χ0v) is 38.9. The molecule has 0 unspecified atom stereocenters. The number of hydrogen-bond donors (Lipinski definition) is 4. The third-order valence-corrected chi connectivity index (χ3v) is 10.8. The van der Waals surface area contributed by atoms with Crippen molar-refractivity contribution in [2.45, 2.75) is 96.3 Å². The minimum Gasteiger partial charge on any atom is -0.464 e. The Morgan fingerprint density at radius 1 is 0.415 bits per heavy atom. The van der Waals surface area contributed by atoms with E-state index < -0.39 is 76.0 Å². The Kier molecular flexibility index (Phi) is 16.8. The van der Waals surface area contributed by atoms with Crippen molar-refractivity contribution in [3.63, 3.8) is 0 Å². The second-order valence-electron chi connectivity index (χ2n) is 18.4. The molecule has 65 heavy (non-hydrogen) atoms. The number of aliphatic hydroxyl groups is 4. The molecule has 0 atom stereocenters. The van der Waals surface area contributed by atoms with E-state index in [1.165, 1.54) is 55.4 Å². The van der Waals surface area contributed by atoms with Gasteiger partial charge in [-0.05, 0) is 91.7 Å². The Morgan fingerprint density at radius 3 is 0.800 bits per heavy atom. The topological polar surface area (TPSA) is 208 Å². The fraction of sp³-hybridized carbons (Fsp3) is 0.412. The van der Waals surface area contributed by atoms with Gasteiger partial charge >= 0.3 is 11.9 Å². The molecule has 0 saturated carbocycles. The van der Waals surface area contributed by atoms with E-state index in [4.69, 9.17) is 9.47 Å². The SMILES string of the molecule is CN(CCOC(=O)CC(=O)OCCN(C)C(c1ccc(C(=O)C(C)(C)O)cc1)c1ccc(C(=O)C(C)(C)O)cc1)C(c1ccc(C(=O)C(C)(C)O)cc1)c1ccc(C(=O)C(C)(C)O)cc1. The zero-order valence-electron chi connectivity index (χ0n) is 38.9. The molecule has 0 bridgehead atoms. The monoisotopic (exact) mass is 894 g/mol. The molecule has 4 aromatic carbocycles. The van der Waals surface area contributed by atoms with Crippen molar-refractivity contribution in [1.82, 2.24) is 9.80 Å². The molecule has 0 aliphatic rings. The molecular formula is C51H62N2O12. The quantitative estimate of drug-likeness (QED) is 0.0423. The first-order chi connectivity index (χ1) is 30.1. The van der Waals surface area contributed by atoms with Crippen LogP contribution in [0.1, 0.15) is 138 Å². The summed E-state index contributed by atoms with van der Waals surface area (Å²) in [4.78, 5) is 80.3. The maximum atomic E-state index is 12.8. The van der Waals surface area contributed by atoms with Gasteiger partial charge < -0.3 is 29.9 Å². The number of benzene rings is 4. The van der Waals surface area contributed by atoms with Gasteiger partial charge in [0.2, 0.25) is 0 Å². The Balaban J connectivity index is 1.40. The second-order valence-corrected chi connectivity index (χ2v) is 18.4. The number of carbonyl (C=O) groups excluding carboxylic acids is 6. The molecular weight excluding hydrogens is 833 g/mol. The van der Waals surface area contributed by atoms with Gasteiger partial charge in [-0.15, -0.1) is 0 Å². The molecule has 0 aliphatic heterocycles. The summed E-state index contributed by atoms with van der Waals surface area (Å²) in [5, 5.41) is 41.0. The minimum absolute atomic E-state index is 0.0888. The highest BCUT2D eigenvalue weighted by atomic mass is 16.6. The van der Waals surface area contributed by atoms with Gasteiger partial charge in [0, 0.05) is 35.3 Å². The minimum atomic E-state index is -1.56. The average Bonchev–Trinajstić information content (AvgIpc) is 3.22. The molecule has 14 nitrogen and oxygen atoms in total. The fourth-order valence-electron chi connectivity index (χ4n) is 7.17. The maximum absolute atomic E-state index is 12.8. The van der Waals surface area contributed by atoms with Crippen LogP contribution in [0.15, 0.2) is 97.1 Å². The van der Waals surface area contributed by atoms with Gasteiger partial charge in [0.05, 0.1) is 12.1 Å². The van der Waals surface area contributed by atoms with Crippen LogP contribution in [-0.2, 0) is 19.1 Å². The lowest BCUT2D eigenvalue weighted by atomic mass is 9.91. The summed E-state index contributed by atoms with van der Waals surface area (Å²) in [5.41, 5.74) is -1.92. The number of carbonyl (C=O) groups is 6. The summed E-state index contributed by atoms with van der Waals surface area (Å²) < 4.78 is 10.9. The number of hydrogen-bond acceptors (Lipinski definition) is 14. The molecule has 0 saturated heterocycles. The molecule has 14 heteroatoms. The number of Topliss-reactive ketones (excluding diaryl/α,β-unsaturated/α-hetero) is 4. The molecule has 4 rings (SSSR count). The zero-order chi connectivity index (χ0) is 48.7. The van der Waals surface area contributed by atoms with Crippen LogP contribution >= 0.6 is 0 Å². The van der Waals surface area contributed by atoms with Crippen molar-refractivity contribution < 1.29 is 58.7 Å². The van der Waals surface area contributed by atoms with Crippen LogP contribution in [0.5, 0.6) is 0 Å². The summed E-state index contributed by atoms with van der Waals surface area (Å²) in [6.45, 7) is 11.6. The van der Waals surface area contributed by atoms with Gasteiger partial charge in [0.25, 0.3) is 0 Å². The molecule has 0 aliphatic carbocycles. The number of nitrogens with zero attached hydrogens (tertiary/aromatic N) is 2. The standard InChI is InChI=1S/C51H62N2O12/c1-48(2,60)44(56)36-19-11-32(12-20-36)42(33-13-21-37(22-14-33)45(57)49(3,4)61)52(9)27-29-64-40(54)31-41(55)65-30-28-53(10)43(34-15-23-38(24-16-34)46(58)50(5,6)62)35-17-25-39(26-18-35)47(59)51(7,8)63/h11-26,42-43,60-63H,27-31H2,1-10H3. The summed E-state index contributed by atoms with van der Waals surface area (Å²) >= 11 is 0. The number of rotatable bonds is 22. The van der Waals surface area contributed by atoms with E-state index in [9.17, 15) is 49.2 Å². The second kappa shape index (κ2) is 21.0. The van der Waals surface area contributed by atoms with Crippen molar-refractivity contribution in [1.29, 1.82) is 0 Å². The van der Waals surface area contributed by atoms with E-state index in [0.717, 1.165) is 22.3 Å². The van der Waals surface area contributed by atoms with Crippen molar-refractivity contribution in [3.05, 3.63) is 142 Å². The highest BCUT2D eigenvalue weighted by molar-refractivity contribution is 6.03.